The van der Waals surface area contributed by atoms with Crippen molar-refractivity contribution in [2.75, 3.05) is 40.9 Å². The maximum atomic E-state index is 12.6. The molecule has 8 nitrogen and oxygen atoms in total. The van der Waals surface area contributed by atoms with E-state index >= 15 is 0 Å². The molecule has 0 saturated carbocycles. The van der Waals surface area contributed by atoms with Crippen LogP contribution in [0.3, 0.4) is 0 Å². The second-order valence-electron chi connectivity index (χ2n) is 12.2. The number of aliphatic hydroxyl groups excluding tert-OH is 1. The third-order valence-electron chi connectivity index (χ3n) is 6.79. The van der Waals surface area contributed by atoms with Crippen molar-refractivity contribution in [3.8, 4) is 0 Å². The quantitative estimate of drug-likeness (QED) is 0.0402. The van der Waals surface area contributed by atoms with Gasteiger partial charge in [-0.05, 0) is 58.3 Å². The SMILES string of the molecule is C/C=C/CC/C=C/CC/C=C/C(O)C(COP(=O)([O-])OCC[N+](C)(C)C)NC(=O)CC/C=C\C/C=C\CCCCCCCC. The van der Waals surface area contributed by atoms with Crippen LogP contribution in [0.5, 0.6) is 0 Å². The minimum Gasteiger partial charge on any atom is -0.756 e. The summed E-state index contributed by atoms with van der Waals surface area (Å²) < 4.78 is 22.9. The summed E-state index contributed by atoms with van der Waals surface area (Å²) in [5, 5.41) is 13.5. The van der Waals surface area contributed by atoms with Crippen LogP contribution in [0.15, 0.2) is 60.8 Å². The fourth-order valence-corrected chi connectivity index (χ4v) is 4.78. The standard InChI is InChI=1S/C35H63N2O6P/c1-6-8-10-12-14-16-17-18-19-21-23-25-27-29-35(39)36-33(32-43-44(40,41)42-31-30-37(3,4)5)34(38)28-26-24-22-20-15-13-11-9-7-2/h7,9,15,18-20,23,25-26,28,33-34,38H,6,8,10-14,16-17,21-22,24,27,29-32H2,1-5H3,(H-,36,39,40,41)/b9-7+,19-18-,20-15+,25-23-,28-26+. The smallest absolute Gasteiger partial charge is 0.268 e. The number of carbonyl (C=O) groups excluding carboxylic acids is 1. The van der Waals surface area contributed by atoms with Crippen molar-refractivity contribution in [1.29, 1.82) is 0 Å². The third kappa shape index (κ3) is 28.9. The summed E-state index contributed by atoms with van der Waals surface area (Å²) in [5.41, 5.74) is 0. The predicted molar refractivity (Wildman–Crippen MR) is 182 cm³/mol. The van der Waals surface area contributed by atoms with Crippen LogP contribution in [0.25, 0.3) is 0 Å². The summed E-state index contributed by atoms with van der Waals surface area (Å²) in [6, 6.07) is -0.937. The topological polar surface area (TPSA) is 108 Å². The Hall–Kier alpha value is -1.80. The number of phosphoric ester groups is 1. The van der Waals surface area contributed by atoms with Crippen LogP contribution in [-0.2, 0) is 18.4 Å². The van der Waals surface area contributed by atoms with Gasteiger partial charge in [0.2, 0.25) is 5.91 Å². The summed E-state index contributed by atoms with van der Waals surface area (Å²) in [7, 11) is 1.19. The van der Waals surface area contributed by atoms with Gasteiger partial charge in [-0.15, -0.1) is 0 Å². The van der Waals surface area contributed by atoms with Gasteiger partial charge >= 0.3 is 0 Å². The number of nitrogens with zero attached hydrogens (tertiary/aromatic N) is 1. The molecule has 3 atom stereocenters. The van der Waals surface area contributed by atoms with E-state index in [-0.39, 0.29) is 18.9 Å². The van der Waals surface area contributed by atoms with Crippen LogP contribution in [0.4, 0.5) is 0 Å². The van der Waals surface area contributed by atoms with Crippen molar-refractivity contribution >= 4 is 13.7 Å². The molecule has 0 aliphatic heterocycles. The zero-order chi connectivity index (χ0) is 32.9. The number of unbranched alkanes of at least 4 members (excludes halogenated alkanes) is 8. The highest BCUT2D eigenvalue weighted by Crippen LogP contribution is 2.38. The molecular formula is C35H63N2O6P. The van der Waals surface area contributed by atoms with Gasteiger partial charge in [-0.1, -0.05) is 99.8 Å². The van der Waals surface area contributed by atoms with E-state index in [4.69, 9.17) is 9.05 Å². The molecule has 2 N–H and O–H groups in total. The largest absolute Gasteiger partial charge is 0.756 e. The van der Waals surface area contributed by atoms with E-state index in [1.807, 2.05) is 52.4 Å². The zero-order valence-corrected chi connectivity index (χ0v) is 29.2. The summed E-state index contributed by atoms with van der Waals surface area (Å²) in [4.78, 5) is 24.9. The average Bonchev–Trinajstić information content (AvgIpc) is 2.95. The van der Waals surface area contributed by atoms with E-state index < -0.39 is 26.6 Å². The summed E-state index contributed by atoms with van der Waals surface area (Å²) in [6.07, 6.45) is 33.1. The van der Waals surface area contributed by atoms with E-state index in [0.29, 0.717) is 23.9 Å². The first-order valence-electron chi connectivity index (χ1n) is 16.6. The molecule has 0 aliphatic carbocycles. The van der Waals surface area contributed by atoms with E-state index in [2.05, 4.69) is 42.6 Å². The van der Waals surface area contributed by atoms with Crippen LogP contribution >= 0.6 is 7.82 Å². The number of amides is 1. The van der Waals surface area contributed by atoms with Gasteiger partial charge in [0.05, 0.1) is 39.9 Å². The normalized spacial score (nSPS) is 15.7. The molecule has 0 radical (unpaired) electrons. The van der Waals surface area contributed by atoms with Crippen LogP contribution in [0, 0.1) is 0 Å². The first-order chi connectivity index (χ1) is 21.0. The van der Waals surface area contributed by atoms with E-state index in [1.165, 1.54) is 38.5 Å². The maximum Gasteiger partial charge on any atom is 0.268 e. The number of phosphoric acid groups is 1. The molecule has 0 aromatic rings. The monoisotopic (exact) mass is 638 g/mol. The van der Waals surface area contributed by atoms with Gasteiger partial charge in [0.15, 0.2) is 0 Å². The molecule has 0 saturated heterocycles. The first kappa shape index (κ1) is 42.2. The van der Waals surface area contributed by atoms with Crippen LogP contribution < -0.4 is 10.2 Å². The molecule has 254 valence electrons. The number of hydrogen-bond acceptors (Lipinski definition) is 6. The van der Waals surface area contributed by atoms with Gasteiger partial charge in [0.1, 0.15) is 13.2 Å². The molecule has 0 aliphatic rings. The highest BCUT2D eigenvalue weighted by Gasteiger charge is 2.23. The molecule has 0 heterocycles. The van der Waals surface area contributed by atoms with Crippen LogP contribution in [-0.4, -0.2) is 68.5 Å². The number of allylic oxidation sites excluding steroid dienone is 9. The number of rotatable bonds is 28. The summed E-state index contributed by atoms with van der Waals surface area (Å²) in [5.74, 6) is -0.287. The third-order valence-corrected chi connectivity index (χ3v) is 7.75. The first-order valence-corrected chi connectivity index (χ1v) is 18.1. The number of quaternary nitrogens is 1. The fraction of sp³-hybridized carbons (Fsp3) is 0.686. The molecule has 0 spiro atoms. The van der Waals surface area contributed by atoms with Crippen molar-refractivity contribution in [2.24, 2.45) is 0 Å². The minimum atomic E-state index is -4.60. The molecule has 0 aromatic carbocycles. The van der Waals surface area contributed by atoms with Crippen molar-refractivity contribution < 1.29 is 32.9 Å². The highest BCUT2D eigenvalue weighted by molar-refractivity contribution is 7.45. The minimum absolute atomic E-state index is 0.0213. The van der Waals surface area contributed by atoms with Crippen LogP contribution in [0.1, 0.15) is 104 Å². The highest BCUT2D eigenvalue weighted by atomic mass is 31.2. The predicted octanol–water partition coefficient (Wildman–Crippen LogP) is 7.32. The second-order valence-corrected chi connectivity index (χ2v) is 13.6. The molecule has 3 unspecified atom stereocenters. The molecule has 0 rings (SSSR count). The number of hydrogen-bond donors (Lipinski definition) is 2. The number of aliphatic hydroxyl groups is 1. The molecule has 9 heteroatoms. The molecular weight excluding hydrogens is 575 g/mol. The maximum absolute atomic E-state index is 12.6. The van der Waals surface area contributed by atoms with Crippen molar-refractivity contribution in [3.05, 3.63) is 60.8 Å². The van der Waals surface area contributed by atoms with E-state index in [9.17, 15) is 19.4 Å². The van der Waals surface area contributed by atoms with Crippen molar-refractivity contribution in [2.45, 2.75) is 116 Å². The van der Waals surface area contributed by atoms with Gasteiger partial charge in [-0.3, -0.25) is 9.36 Å². The molecule has 0 bridgehead atoms. The lowest BCUT2D eigenvalue weighted by molar-refractivity contribution is -0.870. The van der Waals surface area contributed by atoms with Crippen molar-refractivity contribution in [3.63, 3.8) is 0 Å². The Bertz CT molecular complexity index is 907. The molecule has 0 fully saturated rings. The second kappa shape index (κ2) is 27.5. The Kier molecular flexibility index (Phi) is 26.4. The van der Waals surface area contributed by atoms with Gasteiger partial charge in [0, 0.05) is 6.42 Å². The lowest BCUT2D eigenvalue weighted by atomic mass is 10.1. The fourth-order valence-electron chi connectivity index (χ4n) is 4.06. The van der Waals surface area contributed by atoms with Crippen LogP contribution in [0.2, 0.25) is 0 Å². The number of nitrogens with one attached hydrogen (secondary N) is 1. The van der Waals surface area contributed by atoms with Gasteiger partial charge < -0.3 is 28.8 Å². The Balaban J connectivity index is 4.76. The van der Waals surface area contributed by atoms with E-state index in [1.54, 1.807) is 6.08 Å². The van der Waals surface area contributed by atoms with Gasteiger partial charge in [0.25, 0.3) is 7.82 Å². The van der Waals surface area contributed by atoms with Crippen molar-refractivity contribution in [1.82, 2.24) is 5.32 Å². The Labute approximate surface area is 269 Å². The van der Waals surface area contributed by atoms with E-state index in [0.717, 1.165) is 32.1 Å². The number of likely N-dealkylation sites (N-methyl/N-ethyl adjacent to an activating group) is 1. The summed E-state index contributed by atoms with van der Waals surface area (Å²) in [6.45, 7) is 4.27. The molecule has 44 heavy (non-hydrogen) atoms. The van der Waals surface area contributed by atoms with Gasteiger partial charge in [-0.2, -0.15) is 0 Å². The molecule has 0 aromatic heterocycles. The van der Waals surface area contributed by atoms with Gasteiger partial charge in [-0.25, -0.2) is 0 Å². The zero-order valence-electron chi connectivity index (χ0n) is 28.3. The number of carbonyl (C=O) groups is 1. The molecule has 1 amide bonds. The summed E-state index contributed by atoms with van der Waals surface area (Å²) >= 11 is 0. The lowest BCUT2D eigenvalue weighted by Crippen LogP contribution is -2.45. The Morgan fingerprint density at radius 1 is 0.841 bits per heavy atom. The Morgan fingerprint density at radius 2 is 1.43 bits per heavy atom. The Morgan fingerprint density at radius 3 is 2.09 bits per heavy atom. The lowest BCUT2D eigenvalue weighted by Gasteiger charge is -2.29. The average molecular weight is 639 g/mol.